The number of benzene rings is 1. The quantitative estimate of drug-likeness (QED) is 0.485. The van der Waals surface area contributed by atoms with E-state index in [0.29, 0.717) is 31.4 Å². The largest absolute Gasteiger partial charge is 0.351 e. The molecule has 2 aliphatic heterocycles. The number of carbonyl (C=O) groups excluding carboxylic acids is 2. The lowest BCUT2D eigenvalue weighted by Crippen LogP contribution is -2.52. The van der Waals surface area contributed by atoms with E-state index >= 15 is 0 Å². The molecule has 0 radical (unpaired) electrons. The molecule has 0 aromatic heterocycles. The molecule has 2 saturated heterocycles. The summed E-state index contributed by atoms with van der Waals surface area (Å²) in [7, 11) is -6.74. The highest BCUT2D eigenvalue weighted by Crippen LogP contribution is 2.24. The summed E-state index contributed by atoms with van der Waals surface area (Å²) in [4.78, 5) is 25.9. The maximum absolute atomic E-state index is 12.9. The van der Waals surface area contributed by atoms with Crippen LogP contribution in [0.4, 0.5) is 0 Å². The van der Waals surface area contributed by atoms with E-state index in [-0.39, 0.29) is 47.2 Å². The van der Waals surface area contributed by atoms with Gasteiger partial charge in [-0.15, -0.1) is 0 Å². The van der Waals surface area contributed by atoms with Gasteiger partial charge in [0, 0.05) is 25.0 Å². The predicted molar refractivity (Wildman–Crippen MR) is 133 cm³/mol. The summed E-state index contributed by atoms with van der Waals surface area (Å²) in [6.07, 6.45) is 3.46. The van der Waals surface area contributed by atoms with E-state index in [9.17, 15) is 26.4 Å². The van der Waals surface area contributed by atoms with Crippen LogP contribution < -0.4 is 10.6 Å². The highest BCUT2D eigenvalue weighted by molar-refractivity contribution is 7.98. The first kappa shape index (κ1) is 27.0. The lowest BCUT2D eigenvalue weighted by molar-refractivity contribution is -0.132. The fourth-order valence-electron chi connectivity index (χ4n) is 4.22. The van der Waals surface area contributed by atoms with E-state index in [0.717, 1.165) is 5.56 Å². The molecule has 2 aliphatic rings. The number of aryl methyl sites for hydroxylation is 1. The smallest absolute Gasteiger partial charge is 0.243 e. The van der Waals surface area contributed by atoms with Gasteiger partial charge in [-0.3, -0.25) is 9.59 Å². The normalized spacial score (nSPS) is 22.2. The van der Waals surface area contributed by atoms with E-state index in [1.165, 1.54) is 4.31 Å². The van der Waals surface area contributed by atoms with Gasteiger partial charge in [0.2, 0.25) is 21.8 Å². The Kier molecular flexibility index (Phi) is 9.04. The maximum Gasteiger partial charge on any atom is 0.243 e. The fraction of sp³-hybridized carbons (Fsp3) is 0.636. The second-order valence-electron chi connectivity index (χ2n) is 8.94. The number of piperidine rings is 1. The van der Waals surface area contributed by atoms with Gasteiger partial charge >= 0.3 is 0 Å². The molecule has 0 saturated carbocycles. The van der Waals surface area contributed by atoms with Crippen molar-refractivity contribution in [1.29, 1.82) is 0 Å². The number of carbonyl (C=O) groups is 2. The zero-order valence-corrected chi connectivity index (χ0v) is 22.0. The van der Waals surface area contributed by atoms with Crippen molar-refractivity contribution in [3.8, 4) is 0 Å². The lowest BCUT2D eigenvalue weighted by Gasteiger charge is -2.31. The molecule has 1 unspecified atom stereocenters. The first-order valence-corrected chi connectivity index (χ1v) is 16.0. The molecule has 1 aromatic rings. The Balaban J connectivity index is 1.56. The average Bonchev–Trinajstić information content (AvgIpc) is 3.14. The number of sulfonamides is 1. The Bertz CT molecular complexity index is 1080. The highest BCUT2D eigenvalue weighted by Gasteiger charge is 2.35. The van der Waals surface area contributed by atoms with E-state index in [1.54, 1.807) is 36.0 Å². The van der Waals surface area contributed by atoms with Crippen molar-refractivity contribution in [1.82, 2.24) is 14.9 Å². The zero-order chi connectivity index (χ0) is 24.9. The van der Waals surface area contributed by atoms with Crippen LogP contribution in [0.25, 0.3) is 0 Å². The van der Waals surface area contributed by atoms with Crippen molar-refractivity contribution in [2.24, 2.45) is 5.92 Å². The van der Waals surface area contributed by atoms with Crippen molar-refractivity contribution in [3.05, 3.63) is 29.8 Å². The van der Waals surface area contributed by atoms with Gasteiger partial charge in [0.1, 0.15) is 6.04 Å². The SMILES string of the molecule is CSCC[C@H](NC(=O)C1CCN(S(=O)(=O)c2ccc(C)cc2)CC1)C(=O)NC1CCS(=O)(=O)C1. The monoisotopic (exact) mass is 531 g/mol. The number of thioether (sulfide) groups is 1. The van der Waals surface area contributed by atoms with Crippen LogP contribution in [0.1, 0.15) is 31.2 Å². The summed E-state index contributed by atoms with van der Waals surface area (Å²) in [5.41, 5.74) is 0.976. The third kappa shape index (κ3) is 6.96. The van der Waals surface area contributed by atoms with E-state index in [4.69, 9.17) is 0 Å². The van der Waals surface area contributed by atoms with Crippen LogP contribution in [-0.2, 0) is 29.4 Å². The van der Waals surface area contributed by atoms with E-state index in [2.05, 4.69) is 10.6 Å². The summed E-state index contributed by atoms with van der Waals surface area (Å²) >= 11 is 1.55. The van der Waals surface area contributed by atoms with E-state index < -0.39 is 31.9 Å². The minimum atomic E-state index is -3.61. The zero-order valence-electron chi connectivity index (χ0n) is 19.5. The van der Waals surface area contributed by atoms with Crippen LogP contribution in [0.5, 0.6) is 0 Å². The van der Waals surface area contributed by atoms with Crippen molar-refractivity contribution in [3.63, 3.8) is 0 Å². The molecule has 3 rings (SSSR count). The molecule has 0 spiro atoms. The molecule has 2 amide bonds. The van der Waals surface area contributed by atoms with Crippen LogP contribution in [0.3, 0.4) is 0 Å². The van der Waals surface area contributed by atoms with Gasteiger partial charge in [0.05, 0.1) is 16.4 Å². The van der Waals surface area contributed by atoms with Gasteiger partial charge in [0.25, 0.3) is 0 Å². The number of rotatable bonds is 9. The standard InChI is InChI=1S/C22H33N3O6S3/c1-16-3-5-19(6-4-16)34(30,31)25-11-7-17(8-12-25)21(26)24-20(9-13-32-2)22(27)23-18-10-14-33(28,29)15-18/h3-6,17-18,20H,7-15H2,1-2H3,(H,23,27)(H,24,26)/t18?,20-/m0/s1. The maximum atomic E-state index is 12.9. The Morgan fingerprint density at radius 2 is 1.79 bits per heavy atom. The van der Waals surface area contributed by atoms with Crippen LogP contribution in [0.2, 0.25) is 0 Å². The fourth-order valence-corrected chi connectivity index (χ4v) is 7.84. The molecule has 2 N–H and O–H groups in total. The summed E-state index contributed by atoms with van der Waals surface area (Å²) in [5.74, 6) is -0.383. The third-order valence-electron chi connectivity index (χ3n) is 6.31. The summed E-state index contributed by atoms with van der Waals surface area (Å²) in [5, 5.41) is 5.60. The first-order valence-electron chi connectivity index (χ1n) is 11.4. The molecule has 1 aromatic carbocycles. The van der Waals surface area contributed by atoms with Crippen LogP contribution >= 0.6 is 11.8 Å². The Morgan fingerprint density at radius 3 is 2.35 bits per heavy atom. The summed E-state index contributed by atoms with van der Waals surface area (Å²) in [6, 6.07) is 5.52. The molecule has 2 fully saturated rings. The number of nitrogens with zero attached hydrogens (tertiary/aromatic N) is 1. The molecular formula is C22H33N3O6S3. The topological polar surface area (TPSA) is 130 Å². The Labute approximate surface area is 206 Å². The molecule has 2 atom stereocenters. The molecule has 0 bridgehead atoms. The second-order valence-corrected chi connectivity index (χ2v) is 14.1. The Morgan fingerprint density at radius 1 is 1.15 bits per heavy atom. The van der Waals surface area contributed by atoms with Crippen LogP contribution in [0, 0.1) is 12.8 Å². The molecule has 9 nitrogen and oxygen atoms in total. The lowest BCUT2D eigenvalue weighted by atomic mass is 9.96. The predicted octanol–water partition coefficient (Wildman–Crippen LogP) is 0.937. The molecule has 190 valence electrons. The van der Waals surface area contributed by atoms with Crippen molar-refractivity contribution >= 4 is 43.4 Å². The number of nitrogens with one attached hydrogen (secondary N) is 2. The van der Waals surface area contributed by atoms with Gasteiger partial charge in [-0.2, -0.15) is 16.1 Å². The van der Waals surface area contributed by atoms with Crippen LogP contribution in [0.15, 0.2) is 29.2 Å². The first-order chi connectivity index (χ1) is 16.0. The third-order valence-corrected chi connectivity index (χ3v) is 10.6. The molecule has 0 aliphatic carbocycles. The number of amides is 2. The van der Waals surface area contributed by atoms with Gasteiger partial charge in [-0.1, -0.05) is 17.7 Å². The molecule has 2 heterocycles. The van der Waals surface area contributed by atoms with Crippen molar-refractivity contribution in [2.75, 3.05) is 36.6 Å². The van der Waals surface area contributed by atoms with Crippen molar-refractivity contribution in [2.45, 2.75) is 49.6 Å². The minimum absolute atomic E-state index is 0.0594. The molecule has 34 heavy (non-hydrogen) atoms. The number of hydrogen-bond acceptors (Lipinski definition) is 7. The van der Waals surface area contributed by atoms with Gasteiger partial charge in [0.15, 0.2) is 9.84 Å². The van der Waals surface area contributed by atoms with Gasteiger partial charge in [-0.25, -0.2) is 16.8 Å². The summed E-state index contributed by atoms with van der Waals surface area (Å²) in [6.45, 7) is 2.36. The highest BCUT2D eigenvalue weighted by atomic mass is 32.2. The summed E-state index contributed by atoms with van der Waals surface area (Å²) < 4.78 is 50.6. The van der Waals surface area contributed by atoms with Gasteiger partial charge < -0.3 is 10.6 Å². The second kappa shape index (κ2) is 11.4. The molecular weight excluding hydrogens is 498 g/mol. The van der Waals surface area contributed by atoms with E-state index in [1.807, 2.05) is 13.2 Å². The average molecular weight is 532 g/mol. The van der Waals surface area contributed by atoms with Crippen LogP contribution in [-0.4, -0.2) is 81.6 Å². The number of hydrogen-bond donors (Lipinski definition) is 2. The minimum Gasteiger partial charge on any atom is -0.351 e. The van der Waals surface area contributed by atoms with Crippen molar-refractivity contribution < 1.29 is 26.4 Å². The van der Waals surface area contributed by atoms with Gasteiger partial charge in [-0.05, 0) is 56.7 Å². The molecule has 12 heteroatoms. The number of sulfone groups is 1. The Hall–Kier alpha value is -1.63.